The molecule has 0 aromatic heterocycles. The molecule has 8 heteroatoms. The molecule has 2 aliphatic rings. The van der Waals surface area contributed by atoms with Crippen LogP contribution >= 0.6 is 24.0 Å². The van der Waals surface area contributed by atoms with Gasteiger partial charge in [0.1, 0.15) is 5.75 Å². The van der Waals surface area contributed by atoms with Crippen molar-refractivity contribution in [2.75, 3.05) is 32.0 Å². The summed E-state index contributed by atoms with van der Waals surface area (Å²) in [6.07, 6.45) is 0.504. The minimum atomic E-state index is -0.364. The zero-order valence-corrected chi connectivity index (χ0v) is 17.0. The number of fused-ring (bicyclic) bond motifs is 2. The number of hydrogen-bond acceptors (Lipinski definition) is 5. The van der Waals surface area contributed by atoms with Crippen LogP contribution in [-0.2, 0) is 4.74 Å². The van der Waals surface area contributed by atoms with Gasteiger partial charge in [0.25, 0.3) is 5.91 Å². The lowest BCUT2D eigenvalue weighted by Gasteiger charge is -2.42. The number of amides is 1. The van der Waals surface area contributed by atoms with E-state index >= 15 is 0 Å². The Hall–Kier alpha value is -1.65. The Morgan fingerprint density at radius 2 is 2.26 bits per heavy atom. The lowest BCUT2D eigenvalue weighted by atomic mass is 9.99. The molecule has 2 fully saturated rings. The third-order valence-corrected chi connectivity index (χ3v) is 5.02. The SMILES string of the molecule is CC#C[C@H](C)Oc1cc(N)c(Cl)cc1C(=O)N[C@@H]1CCN2CCOC1C2.Cl. The van der Waals surface area contributed by atoms with E-state index in [9.17, 15) is 4.79 Å². The Labute approximate surface area is 171 Å². The molecule has 2 unspecified atom stereocenters. The van der Waals surface area contributed by atoms with Gasteiger partial charge in [-0.15, -0.1) is 18.3 Å². The number of nitrogens with two attached hydrogens (primary N) is 1. The van der Waals surface area contributed by atoms with Gasteiger partial charge < -0.3 is 20.5 Å². The molecule has 1 aromatic rings. The summed E-state index contributed by atoms with van der Waals surface area (Å²) < 4.78 is 11.6. The number of halogens is 2. The van der Waals surface area contributed by atoms with Gasteiger partial charge in [-0.2, -0.15) is 0 Å². The molecule has 2 bridgehead atoms. The molecule has 148 valence electrons. The average Bonchev–Trinajstić information content (AvgIpc) is 2.61. The molecule has 2 saturated heterocycles. The molecule has 3 rings (SSSR count). The Morgan fingerprint density at radius 1 is 1.48 bits per heavy atom. The van der Waals surface area contributed by atoms with E-state index in [-0.39, 0.29) is 36.6 Å². The predicted molar refractivity (Wildman–Crippen MR) is 109 cm³/mol. The standard InChI is InChI=1S/C19H24ClN3O3.ClH/c1-3-4-12(2)26-17-10-15(21)14(20)9-13(17)19(24)22-16-5-6-23-7-8-25-18(16)11-23;/h9-10,12,16,18H,5-8,11,21H2,1-2H3,(H,22,24);1H/t12-,16+,18?;/m0./s1. The number of nitrogens with zero attached hydrogens (tertiary/aromatic N) is 1. The fourth-order valence-electron chi connectivity index (χ4n) is 3.36. The maximum Gasteiger partial charge on any atom is 0.255 e. The smallest absolute Gasteiger partial charge is 0.255 e. The number of hydrogen-bond donors (Lipinski definition) is 2. The van der Waals surface area contributed by atoms with Gasteiger partial charge in [-0.3, -0.25) is 9.69 Å². The fraction of sp³-hybridized carbons (Fsp3) is 0.526. The van der Waals surface area contributed by atoms with Crippen LogP contribution < -0.4 is 15.8 Å². The van der Waals surface area contributed by atoms with Crippen molar-refractivity contribution in [3.05, 3.63) is 22.7 Å². The van der Waals surface area contributed by atoms with Crippen LogP contribution in [0.3, 0.4) is 0 Å². The highest BCUT2D eigenvalue weighted by Gasteiger charge is 2.34. The van der Waals surface area contributed by atoms with E-state index in [1.54, 1.807) is 19.1 Å². The molecule has 1 amide bonds. The maximum atomic E-state index is 12.9. The van der Waals surface area contributed by atoms with Crippen molar-refractivity contribution in [3.63, 3.8) is 0 Å². The lowest BCUT2D eigenvalue weighted by Crippen LogP contribution is -2.58. The lowest BCUT2D eigenvalue weighted by molar-refractivity contribution is -0.0702. The quantitative estimate of drug-likeness (QED) is 0.584. The van der Waals surface area contributed by atoms with Gasteiger partial charge in [0.2, 0.25) is 0 Å². The second-order valence-electron chi connectivity index (χ2n) is 6.60. The van der Waals surface area contributed by atoms with E-state index in [0.29, 0.717) is 28.6 Å². The summed E-state index contributed by atoms with van der Waals surface area (Å²) in [4.78, 5) is 15.3. The molecular formula is C19H25Cl2N3O3. The second-order valence-corrected chi connectivity index (χ2v) is 7.01. The van der Waals surface area contributed by atoms with Crippen LogP contribution in [0.4, 0.5) is 5.69 Å². The van der Waals surface area contributed by atoms with E-state index in [1.807, 2.05) is 6.92 Å². The van der Waals surface area contributed by atoms with E-state index < -0.39 is 0 Å². The Bertz CT molecular complexity index is 748. The first-order valence-electron chi connectivity index (χ1n) is 8.80. The van der Waals surface area contributed by atoms with Crippen LogP contribution in [0.5, 0.6) is 5.75 Å². The average molecular weight is 414 g/mol. The number of carbonyl (C=O) groups is 1. The highest BCUT2D eigenvalue weighted by molar-refractivity contribution is 6.33. The number of morpholine rings is 1. The number of nitrogen functional groups attached to an aromatic ring is 1. The zero-order valence-electron chi connectivity index (χ0n) is 15.5. The largest absolute Gasteiger partial charge is 0.477 e. The number of piperidine rings is 1. The molecule has 0 saturated carbocycles. The molecule has 1 aromatic carbocycles. The van der Waals surface area contributed by atoms with E-state index in [1.165, 1.54) is 0 Å². The molecule has 3 N–H and O–H groups in total. The molecular weight excluding hydrogens is 389 g/mol. The van der Waals surface area contributed by atoms with Crippen molar-refractivity contribution in [1.82, 2.24) is 10.2 Å². The maximum absolute atomic E-state index is 12.9. The van der Waals surface area contributed by atoms with Gasteiger partial charge in [-0.05, 0) is 26.3 Å². The summed E-state index contributed by atoms with van der Waals surface area (Å²) in [6.45, 7) is 7.01. The topological polar surface area (TPSA) is 76.8 Å². The summed E-state index contributed by atoms with van der Waals surface area (Å²) in [7, 11) is 0. The summed E-state index contributed by atoms with van der Waals surface area (Å²) in [5.41, 5.74) is 6.60. The van der Waals surface area contributed by atoms with Crippen LogP contribution in [0, 0.1) is 11.8 Å². The second kappa shape index (κ2) is 9.52. The third-order valence-electron chi connectivity index (χ3n) is 4.69. The summed E-state index contributed by atoms with van der Waals surface area (Å²) in [5, 5.41) is 3.40. The van der Waals surface area contributed by atoms with Gasteiger partial charge in [-0.1, -0.05) is 17.5 Å². The summed E-state index contributed by atoms with van der Waals surface area (Å²) in [6, 6.07) is 3.09. The third kappa shape index (κ3) is 5.20. The normalized spacial score (nSPS) is 24.6. The molecule has 4 atom stereocenters. The number of carbonyl (C=O) groups excluding carboxylic acids is 1. The van der Waals surface area contributed by atoms with E-state index in [4.69, 9.17) is 26.8 Å². The molecule has 0 aliphatic carbocycles. The first kappa shape index (κ1) is 21.6. The number of ether oxygens (including phenoxy) is 2. The van der Waals surface area contributed by atoms with Gasteiger partial charge in [0, 0.05) is 25.7 Å². The number of benzene rings is 1. The van der Waals surface area contributed by atoms with Crippen LogP contribution in [0.25, 0.3) is 0 Å². The minimum absolute atomic E-state index is 0. The molecule has 2 heterocycles. The van der Waals surface area contributed by atoms with Gasteiger partial charge in [-0.25, -0.2) is 0 Å². The first-order chi connectivity index (χ1) is 12.5. The molecule has 0 spiro atoms. The molecule has 0 radical (unpaired) electrons. The van der Waals surface area contributed by atoms with Gasteiger partial charge >= 0.3 is 0 Å². The monoisotopic (exact) mass is 413 g/mol. The number of nitrogens with one attached hydrogen (secondary N) is 1. The summed E-state index contributed by atoms with van der Waals surface area (Å²) >= 11 is 6.13. The molecule has 2 aliphatic heterocycles. The predicted octanol–water partition coefficient (Wildman–Crippen LogP) is 2.34. The highest BCUT2D eigenvalue weighted by atomic mass is 35.5. The summed E-state index contributed by atoms with van der Waals surface area (Å²) in [5.74, 6) is 5.83. The van der Waals surface area contributed by atoms with Gasteiger partial charge in [0.15, 0.2) is 6.10 Å². The van der Waals surface area contributed by atoms with E-state index in [0.717, 1.165) is 26.1 Å². The van der Waals surface area contributed by atoms with Crippen molar-refractivity contribution in [1.29, 1.82) is 0 Å². The van der Waals surface area contributed by atoms with Crippen LogP contribution in [0.15, 0.2) is 12.1 Å². The fourth-order valence-corrected chi connectivity index (χ4v) is 3.53. The zero-order chi connectivity index (χ0) is 18.7. The molecule has 27 heavy (non-hydrogen) atoms. The van der Waals surface area contributed by atoms with Crippen molar-refractivity contribution < 1.29 is 14.3 Å². The Morgan fingerprint density at radius 3 is 3.00 bits per heavy atom. The molecule has 6 nitrogen and oxygen atoms in total. The van der Waals surface area contributed by atoms with E-state index in [2.05, 4.69) is 22.1 Å². The Kier molecular flexibility index (Phi) is 7.63. The van der Waals surface area contributed by atoms with Crippen molar-refractivity contribution in [3.8, 4) is 17.6 Å². The number of anilines is 1. The first-order valence-corrected chi connectivity index (χ1v) is 9.18. The van der Waals surface area contributed by atoms with Crippen LogP contribution in [0.2, 0.25) is 5.02 Å². The number of rotatable bonds is 4. The highest BCUT2D eigenvalue weighted by Crippen LogP contribution is 2.30. The van der Waals surface area contributed by atoms with Crippen molar-refractivity contribution in [2.45, 2.75) is 38.5 Å². The van der Waals surface area contributed by atoms with Crippen molar-refractivity contribution in [2.24, 2.45) is 0 Å². The van der Waals surface area contributed by atoms with Crippen LogP contribution in [-0.4, -0.2) is 55.3 Å². The van der Waals surface area contributed by atoms with Gasteiger partial charge in [0.05, 0.1) is 35.0 Å². The van der Waals surface area contributed by atoms with Crippen molar-refractivity contribution >= 4 is 35.6 Å². The minimum Gasteiger partial charge on any atom is -0.477 e. The van der Waals surface area contributed by atoms with Crippen LogP contribution in [0.1, 0.15) is 30.6 Å². The Balaban J connectivity index is 0.00000261.